The molecule has 0 bridgehead atoms. The summed E-state index contributed by atoms with van der Waals surface area (Å²) >= 11 is 0. The van der Waals surface area contributed by atoms with Crippen LogP contribution in [0.4, 0.5) is 0 Å². The lowest BCUT2D eigenvalue weighted by molar-refractivity contribution is 0.0119. The molecule has 0 aliphatic carbocycles. The van der Waals surface area contributed by atoms with Crippen LogP contribution in [-0.4, -0.2) is 35.8 Å². The maximum atomic E-state index is 11.8. The first kappa shape index (κ1) is 14.1. The van der Waals surface area contributed by atoms with Gasteiger partial charge in [0.05, 0.1) is 12.2 Å². The molecule has 0 saturated heterocycles. The van der Waals surface area contributed by atoms with Crippen LogP contribution in [0.5, 0.6) is 0 Å². The third kappa shape index (κ3) is 3.61. The van der Waals surface area contributed by atoms with Crippen molar-refractivity contribution in [3.05, 3.63) is 48.3 Å². The maximum Gasteiger partial charge on any atom is 0.341 e. The van der Waals surface area contributed by atoms with Crippen LogP contribution < -0.4 is 0 Å². The van der Waals surface area contributed by atoms with Gasteiger partial charge in [-0.25, -0.2) is 14.8 Å². The monoisotopic (exact) mass is 272 g/mol. The Bertz CT molecular complexity index is 555. The summed E-state index contributed by atoms with van der Waals surface area (Å²) in [6.07, 6.45) is 2.63. The van der Waals surface area contributed by atoms with Crippen LogP contribution in [0.1, 0.15) is 17.3 Å². The molecule has 1 aromatic heterocycles. The highest BCUT2D eigenvalue weighted by molar-refractivity contribution is 5.88. The van der Waals surface area contributed by atoms with Crippen LogP contribution in [-0.2, 0) is 9.47 Å². The highest BCUT2D eigenvalue weighted by atomic mass is 16.6. The summed E-state index contributed by atoms with van der Waals surface area (Å²) in [5.41, 5.74) is 1.23. The van der Waals surface area contributed by atoms with Crippen molar-refractivity contribution in [3.8, 4) is 11.4 Å². The van der Waals surface area contributed by atoms with Crippen molar-refractivity contribution in [1.82, 2.24) is 9.97 Å². The van der Waals surface area contributed by atoms with Crippen molar-refractivity contribution < 1.29 is 14.3 Å². The zero-order valence-electron chi connectivity index (χ0n) is 11.4. The molecular weight excluding hydrogens is 256 g/mol. The minimum atomic E-state index is -0.450. The Kier molecular flexibility index (Phi) is 4.79. The number of esters is 1. The minimum Gasteiger partial charge on any atom is -0.457 e. The lowest BCUT2D eigenvalue weighted by Gasteiger charge is -2.11. The highest BCUT2D eigenvalue weighted by Crippen LogP contribution is 2.13. The normalized spacial score (nSPS) is 11.9. The Hall–Kier alpha value is -2.27. The van der Waals surface area contributed by atoms with E-state index < -0.39 is 5.97 Å². The molecule has 0 fully saturated rings. The van der Waals surface area contributed by atoms with Crippen molar-refractivity contribution in [2.24, 2.45) is 0 Å². The van der Waals surface area contributed by atoms with Gasteiger partial charge in [0.1, 0.15) is 6.10 Å². The molecule has 5 nitrogen and oxygen atoms in total. The zero-order chi connectivity index (χ0) is 14.4. The largest absolute Gasteiger partial charge is 0.457 e. The van der Waals surface area contributed by atoms with Crippen molar-refractivity contribution in [3.63, 3.8) is 0 Å². The quantitative estimate of drug-likeness (QED) is 0.782. The molecular formula is C15H16N2O3. The number of ether oxygens (including phenoxy) is 2. The first-order chi connectivity index (χ1) is 9.70. The van der Waals surface area contributed by atoms with E-state index in [9.17, 15) is 4.79 Å². The van der Waals surface area contributed by atoms with Crippen LogP contribution >= 0.6 is 0 Å². The molecule has 104 valence electrons. The van der Waals surface area contributed by atoms with Crippen molar-refractivity contribution in [1.29, 1.82) is 0 Å². The van der Waals surface area contributed by atoms with Gasteiger partial charge in [0.15, 0.2) is 5.82 Å². The second-order valence-electron chi connectivity index (χ2n) is 4.33. The van der Waals surface area contributed by atoms with Crippen LogP contribution in [0.15, 0.2) is 42.7 Å². The molecule has 1 aromatic carbocycles. The number of aromatic nitrogens is 2. The topological polar surface area (TPSA) is 61.3 Å². The summed E-state index contributed by atoms with van der Waals surface area (Å²) in [6, 6.07) is 9.56. The standard InChI is InChI=1S/C15H16N2O3/c1-11(10-19-2)20-15(18)13-8-16-14(17-9-13)12-6-4-3-5-7-12/h3-9,11H,10H2,1-2H3. The lowest BCUT2D eigenvalue weighted by Crippen LogP contribution is -2.19. The summed E-state index contributed by atoms with van der Waals surface area (Å²) in [5, 5.41) is 0. The maximum absolute atomic E-state index is 11.8. The highest BCUT2D eigenvalue weighted by Gasteiger charge is 2.13. The van der Waals surface area contributed by atoms with Gasteiger partial charge in [-0.15, -0.1) is 0 Å². The number of carbonyl (C=O) groups excluding carboxylic acids is 1. The van der Waals surface area contributed by atoms with Crippen LogP contribution in [0.25, 0.3) is 11.4 Å². The Morgan fingerprint density at radius 1 is 1.20 bits per heavy atom. The fourth-order valence-corrected chi connectivity index (χ4v) is 1.69. The third-order valence-electron chi connectivity index (χ3n) is 2.63. The second kappa shape index (κ2) is 6.77. The summed E-state index contributed by atoms with van der Waals surface area (Å²) in [6.45, 7) is 2.12. The number of benzene rings is 1. The van der Waals surface area contributed by atoms with Gasteiger partial charge in [0.25, 0.3) is 0 Å². The number of carbonyl (C=O) groups is 1. The number of methoxy groups -OCH3 is 1. The molecule has 1 heterocycles. The molecule has 5 heteroatoms. The number of rotatable bonds is 5. The molecule has 0 aliphatic rings. The Morgan fingerprint density at radius 2 is 1.85 bits per heavy atom. The predicted octanol–water partition coefficient (Wildman–Crippen LogP) is 2.34. The summed E-state index contributed by atoms with van der Waals surface area (Å²) in [7, 11) is 1.56. The zero-order valence-corrected chi connectivity index (χ0v) is 11.4. The van der Waals surface area contributed by atoms with Crippen molar-refractivity contribution in [2.45, 2.75) is 13.0 Å². The molecule has 0 saturated carbocycles. The smallest absolute Gasteiger partial charge is 0.341 e. The fraction of sp³-hybridized carbons (Fsp3) is 0.267. The van der Waals surface area contributed by atoms with E-state index in [0.29, 0.717) is 18.0 Å². The first-order valence-corrected chi connectivity index (χ1v) is 6.28. The predicted molar refractivity (Wildman–Crippen MR) is 74.2 cm³/mol. The molecule has 0 aliphatic heterocycles. The average Bonchev–Trinajstić information content (AvgIpc) is 2.48. The lowest BCUT2D eigenvalue weighted by atomic mass is 10.2. The summed E-state index contributed by atoms with van der Waals surface area (Å²) in [4.78, 5) is 20.2. The summed E-state index contributed by atoms with van der Waals surface area (Å²) < 4.78 is 10.1. The van der Waals surface area contributed by atoms with Crippen LogP contribution in [0.2, 0.25) is 0 Å². The van der Waals surface area contributed by atoms with Gasteiger partial charge in [0.2, 0.25) is 0 Å². The van der Waals surface area contributed by atoms with Crippen molar-refractivity contribution in [2.75, 3.05) is 13.7 Å². The van der Waals surface area contributed by atoms with E-state index in [-0.39, 0.29) is 6.10 Å². The van der Waals surface area contributed by atoms with Crippen LogP contribution in [0, 0.1) is 0 Å². The van der Waals surface area contributed by atoms with E-state index in [0.717, 1.165) is 5.56 Å². The van der Waals surface area contributed by atoms with E-state index in [1.807, 2.05) is 30.3 Å². The Labute approximate surface area is 117 Å². The molecule has 2 rings (SSSR count). The van der Waals surface area contributed by atoms with E-state index >= 15 is 0 Å². The summed E-state index contributed by atoms with van der Waals surface area (Å²) in [5.74, 6) is 0.126. The molecule has 0 amide bonds. The van der Waals surface area contributed by atoms with E-state index in [1.54, 1.807) is 14.0 Å². The molecule has 0 spiro atoms. The Balaban J connectivity index is 2.07. The van der Waals surface area contributed by atoms with Gasteiger partial charge < -0.3 is 9.47 Å². The minimum absolute atomic E-state index is 0.304. The van der Waals surface area contributed by atoms with E-state index in [2.05, 4.69) is 9.97 Å². The van der Waals surface area contributed by atoms with Crippen LogP contribution in [0.3, 0.4) is 0 Å². The third-order valence-corrected chi connectivity index (χ3v) is 2.63. The van der Waals surface area contributed by atoms with Gasteiger partial charge in [-0.05, 0) is 6.92 Å². The molecule has 1 atom stereocenters. The molecule has 0 radical (unpaired) electrons. The number of hydrogen-bond acceptors (Lipinski definition) is 5. The Morgan fingerprint density at radius 3 is 2.45 bits per heavy atom. The number of nitrogens with zero attached hydrogens (tertiary/aromatic N) is 2. The van der Waals surface area contributed by atoms with E-state index in [1.165, 1.54) is 12.4 Å². The molecule has 2 aromatic rings. The number of hydrogen-bond donors (Lipinski definition) is 0. The fourth-order valence-electron chi connectivity index (χ4n) is 1.69. The molecule has 20 heavy (non-hydrogen) atoms. The van der Waals surface area contributed by atoms with E-state index in [4.69, 9.17) is 9.47 Å². The van der Waals surface area contributed by atoms with Gasteiger partial charge in [0, 0.05) is 25.1 Å². The van der Waals surface area contributed by atoms with Gasteiger partial charge in [-0.3, -0.25) is 0 Å². The first-order valence-electron chi connectivity index (χ1n) is 6.28. The van der Waals surface area contributed by atoms with Gasteiger partial charge in [-0.2, -0.15) is 0 Å². The average molecular weight is 272 g/mol. The SMILES string of the molecule is COCC(C)OC(=O)c1cnc(-c2ccccc2)nc1. The van der Waals surface area contributed by atoms with Crippen molar-refractivity contribution >= 4 is 5.97 Å². The second-order valence-corrected chi connectivity index (χ2v) is 4.33. The molecule has 0 N–H and O–H groups in total. The molecule has 1 unspecified atom stereocenters. The van der Waals surface area contributed by atoms with Gasteiger partial charge >= 0.3 is 5.97 Å². The van der Waals surface area contributed by atoms with Gasteiger partial charge in [-0.1, -0.05) is 30.3 Å².